The summed E-state index contributed by atoms with van der Waals surface area (Å²) in [5, 5.41) is 5.40. The van der Waals surface area contributed by atoms with Crippen molar-refractivity contribution in [1.29, 1.82) is 0 Å². The lowest BCUT2D eigenvalue weighted by atomic mass is 10.1. The van der Waals surface area contributed by atoms with Crippen LogP contribution in [0.3, 0.4) is 0 Å². The fraction of sp³-hybridized carbons (Fsp3) is 0.222. The predicted molar refractivity (Wildman–Crippen MR) is 91.3 cm³/mol. The summed E-state index contributed by atoms with van der Waals surface area (Å²) in [7, 11) is 1.59. The zero-order valence-electron chi connectivity index (χ0n) is 13.7. The largest absolute Gasteiger partial charge is 0.496 e. The Morgan fingerprint density at radius 3 is 2.62 bits per heavy atom. The van der Waals surface area contributed by atoms with E-state index in [-0.39, 0.29) is 12.5 Å². The molecule has 2 aromatic carbocycles. The van der Waals surface area contributed by atoms with E-state index in [9.17, 15) is 9.59 Å². The lowest BCUT2D eigenvalue weighted by Gasteiger charge is -2.10. The zero-order chi connectivity index (χ0) is 17.4. The molecule has 0 atom stereocenters. The van der Waals surface area contributed by atoms with Crippen LogP contribution in [0.2, 0.25) is 0 Å². The summed E-state index contributed by atoms with van der Waals surface area (Å²) in [6.07, 6.45) is -0.552. The van der Waals surface area contributed by atoms with Gasteiger partial charge in [-0.25, -0.2) is 4.79 Å². The molecule has 0 aliphatic heterocycles. The molecular weight excluding hydrogens is 308 g/mol. The van der Waals surface area contributed by atoms with Crippen LogP contribution in [0.4, 0.5) is 10.5 Å². The molecule has 0 aromatic heterocycles. The first kappa shape index (κ1) is 17.3. The first-order valence-electron chi connectivity index (χ1n) is 7.58. The van der Waals surface area contributed by atoms with Crippen molar-refractivity contribution in [2.75, 3.05) is 19.0 Å². The van der Waals surface area contributed by atoms with Crippen molar-refractivity contribution in [3.63, 3.8) is 0 Å². The second kappa shape index (κ2) is 8.57. The van der Waals surface area contributed by atoms with E-state index in [4.69, 9.17) is 9.47 Å². The minimum absolute atomic E-state index is 0.242. The minimum atomic E-state index is -0.552. The third-order valence-corrected chi connectivity index (χ3v) is 3.28. The molecule has 2 N–H and O–H groups in total. The molecule has 24 heavy (non-hydrogen) atoms. The van der Waals surface area contributed by atoms with Crippen LogP contribution in [0.5, 0.6) is 5.75 Å². The molecule has 0 saturated heterocycles. The van der Waals surface area contributed by atoms with Crippen LogP contribution in [0.1, 0.15) is 22.8 Å². The van der Waals surface area contributed by atoms with E-state index >= 15 is 0 Å². The number of methoxy groups -OCH3 is 1. The number of amides is 2. The summed E-state index contributed by atoms with van der Waals surface area (Å²) in [5.74, 6) is 0.476. The molecule has 126 valence electrons. The highest BCUT2D eigenvalue weighted by Gasteiger charge is 2.09. The predicted octanol–water partition coefficient (Wildman–Crippen LogP) is 3.19. The summed E-state index contributed by atoms with van der Waals surface area (Å²) >= 11 is 0. The van der Waals surface area contributed by atoms with Gasteiger partial charge in [-0.2, -0.15) is 0 Å². The Morgan fingerprint density at radius 1 is 1.08 bits per heavy atom. The number of hydrogen-bond donors (Lipinski definition) is 2. The van der Waals surface area contributed by atoms with Gasteiger partial charge in [-0.1, -0.05) is 24.3 Å². The Hall–Kier alpha value is -3.02. The first-order valence-corrected chi connectivity index (χ1v) is 7.58. The molecule has 0 radical (unpaired) electrons. The molecule has 6 heteroatoms. The fourth-order valence-corrected chi connectivity index (χ4v) is 2.15. The molecule has 0 bridgehead atoms. The van der Waals surface area contributed by atoms with Crippen LogP contribution in [0.25, 0.3) is 0 Å². The van der Waals surface area contributed by atoms with Gasteiger partial charge in [0.2, 0.25) is 0 Å². The fourth-order valence-electron chi connectivity index (χ4n) is 2.15. The highest BCUT2D eigenvalue weighted by atomic mass is 16.5. The average molecular weight is 328 g/mol. The van der Waals surface area contributed by atoms with Gasteiger partial charge in [0.05, 0.1) is 13.7 Å². The van der Waals surface area contributed by atoms with Gasteiger partial charge in [-0.05, 0) is 31.2 Å². The Morgan fingerprint density at radius 2 is 1.88 bits per heavy atom. The van der Waals surface area contributed by atoms with Crippen LogP contribution < -0.4 is 15.4 Å². The molecule has 0 fully saturated rings. The van der Waals surface area contributed by atoms with Gasteiger partial charge >= 0.3 is 6.09 Å². The molecule has 2 rings (SSSR count). The number of carbonyl (C=O) groups is 2. The van der Waals surface area contributed by atoms with Crippen molar-refractivity contribution in [3.8, 4) is 5.75 Å². The zero-order valence-corrected chi connectivity index (χ0v) is 13.7. The molecule has 0 aliphatic carbocycles. The van der Waals surface area contributed by atoms with E-state index in [0.717, 1.165) is 11.3 Å². The SMILES string of the molecule is CCOC(=O)Nc1cccc(C(=O)NCc2ccccc2OC)c1. The van der Waals surface area contributed by atoms with Crippen molar-refractivity contribution < 1.29 is 19.1 Å². The van der Waals surface area contributed by atoms with Crippen LogP contribution >= 0.6 is 0 Å². The minimum Gasteiger partial charge on any atom is -0.496 e. The van der Waals surface area contributed by atoms with Crippen LogP contribution in [0, 0.1) is 0 Å². The Labute approximate surface area is 140 Å². The molecule has 0 unspecified atom stereocenters. The number of benzene rings is 2. The summed E-state index contributed by atoms with van der Waals surface area (Å²) < 4.78 is 10.1. The maximum Gasteiger partial charge on any atom is 0.411 e. The summed E-state index contributed by atoms with van der Waals surface area (Å²) in [5.41, 5.74) is 1.83. The Bertz CT molecular complexity index is 716. The van der Waals surface area contributed by atoms with Crippen LogP contribution in [-0.4, -0.2) is 25.7 Å². The number of para-hydroxylation sites is 1. The Balaban J connectivity index is 2.01. The summed E-state index contributed by atoms with van der Waals surface area (Å²) in [6.45, 7) is 2.35. The molecule has 0 saturated carbocycles. The lowest BCUT2D eigenvalue weighted by molar-refractivity contribution is 0.0950. The lowest BCUT2D eigenvalue weighted by Crippen LogP contribution is -2.23. The van der Waals surface area contributed by atoms with Gasteiger partial charge in [0.25, 0.3) is 5.91 Å². The molecule has 6 nitrogen and oxygen atoms in total. The van der Waals surface area contributed by atoms with E-state index < -0.39 is 6.09 Å². The van der Waals surface area contributed by atoms with Gasteiger partial charge < -0.3 is 14.8 Å². The number of carbonyl (C=O) groups excluding carboxylic acids is 2. The van der Waals surface area contributed by atoms with Crippen molar-refractivity contribution in [3.05, 3.63) is 59.7 Å². The quantitative estimate of drug-likeness (QED) is 0.854. The van der Waals surface area contributed by atoms with E-state index in [1.54, 1.807) is 38.3 Å². The van der Waals surface area contributed by atoms with Crippen LogP contribution in [-0.2, 0) is 11.3 Å². The molecular formula is C18H20N2O4. The third kappa shape index (κ3) is 4.74. The highest BCUT2D eigenvalue weighted by molar-refractivity contribution is 5.96. The molecule has 0 aliphatic rings. The summed E-state index contributed by atoms with van der Waals surface area (Å²) in [4.78, 5) is 23.7. The van der Waals surface area contributed by atoms with Crippen molar-refractivity contribution in [2.24, 2.45) is 0 Å². The highest BCUT2D eigenvalue weighted by Crippen LogP contribution is 2.17. The monoisotopic (exact) mass is 328 g/mol. The van der Waals surface area contributed by atoms with Gasteiger partial charge in [-0.3, -0.25) is 10.1 Å². The van der Waals surface area contributed by atoms with Crippen LogP contribution in [0.15, 0.2) is 48.5 Å². The maximum atomic E-state index is 12.3. The first-order chi connectivity index (χ1) is 11.6. The third-order valence-electron chi connectivity index (χ3n) is 3.28. The normalized spacial score (nSPS) is 9.92. The number of ether oxygens (including phenoxy) is 2. The van der Waals surface area contributed by atoms with Gasteiger partial charge in [0.1, 0.15) is 5.75 Å². The standard InChI is InChI=1S/C18H20N2O4/c1-3-24-18(22)20-15-9-6-8-13(11-15)17(21)19-12-14-7-4-5-10-16(14)23-2/h4-11H,3,12H2,1-2H3,(H,19,21)(H,20,22). The van der Waals surface area contributed by atoms with Gasteiger partial charge in [0.15, 0.2) is 0 Å². The molecule has 0 heterocycles. The molecule has 0 spiro atoms. The second-order valence-electron chi connectivity index (χ2n) is 4.92. The van der Waals surface area contributed by atoms with Gasteiger partial charge in [0, 0.05) is 23.4 Å². The maximum absolute atomic E-state index is 12.3. The number of rotatable bonds is 6. The average Bonchev–Trinajstić information content (AvgIpc) is 2.60. The van der Waals surface area contributed by atoms with E-state index in [0.29, 0.717) is 17.8 Å². The van der Waals surface area contributed by atoms with E-state index in [1.807, 2.05) is 24.3 Å². The number of nitrogens with one attached hydrogen (secondary N) is 2. The van der Waals surface area contributed by atoms with E-state index in [1.165, 1.54) is 0 Å². The smallest absolute Gasteiger partial charge is 0.411 e. The number of anilines is 1. The Kier molecular flexibility index (Phi) is 6.19. The summed E-state index contributed by atoms with van der Waals surface area (Å²) in [6, 6.07) is 14.1. The topological polar surface area (TPSA) is 76.7 Å². The number of hydrogen-bond acceptors (Lipinski definition) is 4. The van der Waals surface area contributed by atoms with Gasteiger partial charge in [-0.15, -0.1) is 0 Å². The van der Waals surface area contributed by atoms with Crippen molar-refractivity contribution >= 4 is 17.7 Å². The molecule has 2 amide bonds. The van der Waals surface area contributed by atoms with E-state index in [2.05, 4.69) is 10.6 Å². The van der Waals surface area contributed by atoms with Crippen molar-refractivity contribution in [2.45, 2.75) is 13.5 Å². The molecule has 2 aromatic rings. The second-order valence-corrected chi connectivity index (χ2v) is 4.92. The van der Waals surface area contributed by atoms with Crippen molar-refractivity contribution in [1.82, 2.24) is 5.32 Å².